The minimum absolute atomic E-state index is 0.353. The normalized spacial score (nSPS) is 11.4. The number of imidazole rings is 1. The Morgan fingerprint density at radius 1 is 0.912 bits per heavy atom. The molecule has 5 rings (SSSR count). The Morgan fingerprint density at radius 3 is 2.41 bits per heavy atom. The van der Waals surface area contributed by atoms with Crippen LogP contribution in [-0.4, -0.2) is 23.7 Å². The van der Waals surface area contributed by atoms with Crippen LogP contribution in [0.25, 0.3) is 22.6 Å². The summed E-state index contributed by atoms with van der Waals surface area (Å²) in [5.41, 5.74) is 4.93. The van der Waals surface area contributed by atoms with Gasteiger partial charge < -0.3 is 8.98 Å². The van der Waals surface area contributed by atoms with Crippen molar-refractivity contribution in [3.8, 4) is 11.5 Å². The lowest BCUT2D eigenvalue weighted by molar-refractivity contribution is 0.573. The summed E-state index contributed by atoms with van der Waals surface area (Å²) in [6, 6.07) is 16.1. The molecule has 0 unspecified atom stereocenters. The summed E-state index contributed by atoms with van der Waals surface area (Å²) < 4.78 is 10.0. The van der Waals surface area contributed by atoms with E-state index in [-0.39, 0.29) is 5.56 Å². The van der Waals surface area contributed by atoms with Crippen LogP contribution < -0.4 is 11.2 Å². The van der Waals surface area contributed by atoms with E-state index in [2.05, 4.69) is 11.1 Å². The molecule has 3 heterocycles. The highest BCUT2D eigenvalue weighted by Crippen LogP contribution is 2.23. The van der Waals surface area contributed by atoms with E-state index in [4.69, 9.17) is 9.40 Å². The Kier molecular flexibility index (Phi) is 5.28. The highest BCUT2D eigenvalue weighted by atomic mass is 16.3. The van der Waals surface area contributed by atoms with Gasteiger partial charge in [0.05, 0.1) is 5.69 Å². The molecule has 0 aliphatic carbocycles. The summed E-state index contributed by atoms with van der Waals surface area (Å²) in [5, 5.41) is 0. The van der Waals surface area contributed by atoms with Gasteiger partial charge in [-0.25, -0.2) is 14.8 Å². The number of aromatic nitrogens is 5. The van der Waals surface area contributed by atoms with Crippen molar-refractivity contribution in [2.75, 3.05) is 0 Å². The highest BCUT2D eigenvalue weighted by molar-refractivity contribution is 5.71. The third kappa shape index (κ3) is 3.77. The zero-order chi connectivity index (χ0) is 24.0. The van der Waals surface area contributed by atoms with Crippen molar-refractivity contribution in [1.29, 1.82) is 0 Å². The fourth-order valence-electron chi connectivity index (χ4n) is 4.27. The van der Waals surface area contributed by atoms with Gasteiger partial charge in [0.25, 0.3) is 5.56 Å². The first-order valence-electron chi connectivity index (χ1n) is 11.0. The van der Waals surface area contributed by atoms with Crippen molar-refractivity contribution in [2.24, 2.45) is 14.1 Å². The second-order valence-electron chi connectivity index (χ2n) is 8.65. The number of rotatable bonds is 5. The number of nitrogens with zero attached hydrogens (tertiary/aromatic N) is 5. The molecule has 172 valence electrons. The molecule has 0 fully saturated rings. The Morgan fingerprint density at radius 2 is 1.68 bits per heavy atom. The summed E-state index contributed by atoms with van der Waals surface area (Å²) in [6.45, 7) is 4.39. The quantitative estimate of drug-likeness (QED) is 0.406. The van der Waals surface area contributed by atoms with Crippen molar-refractivity contribution in [2.45, 2.75) is 26.8 Å². The van der Waals surface area contributed by atoms with Crippen LogP contribution in [0.3, 0.4) is 0 Å². The summed E-state index contributed by atoms with van der Waals surface area (Å²) in [5.74, 6) is 1.26. The molecule has 0 saturated heterocycles. The minimum atomic E-state index is -0.398. The van der Waals surface area contributed by atoms with Crippen LogP contribution in [-0.2, 0) is 27.1 Å². The first-order valence-corrected chi connectivity index (χ1v) is 11.0. The van der Waals surface area contributed by atoms with E-state index >= 15 is 0 Å². The number of benzene rings is 2. The number of hydrogen-bond donors (Lipinski definition) is 0. The van der Waals surface area contributed by atoms with Gasteiger partial charge in [0.2, 0.25) is 5.89 Å². The van der Waals surface area contributed by atoms with Crippen LogP contribution in [0.4, 0.5) is 0 Å². The predicted octanol–water partition coefficient (Wildman–Crippen LogP) is 3.34. The van der Waals surface area contributed by atoms with Crippen molar-refractivity contribution in [3.63, 3.8) is 0 Å². The smallest absolute Gasteiger partial charge is 0.332 e. The maximum Gasteiger partial charge on any atom is 0.332 e. The molecule has 0 amide bonds. The molecule has 0 aliphatic rings. The Balaban J connectivity index is 1.66. The number of aryl methyl sites for hydroxylation is 3. The van der Waals surface area contributed by atoms with E-state index in [0.29, 0.717) is 35.8 Å². The fraction of sp³-hybridized carbons (Fsp3) is 0.231. The second kappa shape index (κ2) is 8.30. The summed E-state index contributed by atoms with van der Waals surface area (Å²) in [7, 11) is 3.14. The zero-order valence-electron chi connectivity index (χ0n) is 19.6. The monoisotopic (exact) mass is 455 g/mol. The van der Waals surface area contributed by atoms with Gasteiger partial charge in [-0.3, -0.25) is 13.9 Å². The molecule has 0 saturated carbocycles. The van der Waals surface area contributed by atoms with Gasteiger partial charge in [0, 0.05) is 32.6 Å². The molecular formula is C26H25N5O3. The van der Waals surface area contributed by atoms with Crippen LogP contribution in [0.15, 0.2) is 68.8 Å². The van der Waals surface area contributed by atoms with Gasteiger partial charge in [-0.2, -0.15) is 0 Å². The van der Waals surface area contributed by atoms with Gasteiger partial charge in [-0.05, 0) is 37.1 Å². The summed E-state index contributed by atoms with van der Waals surface area (Å²) >= 11 is 0. The zero-order valence-corrected chi connectivity index (χ0v) is 19.6. The molecule has 34 heavy (non-hydrogen) atoms. The van der Waals surface area contributed by atoms with Gasteiger partial charge in [0.1, 0.15) is 12.1 Å². The van der Waals surface area contributed by atoms with Gasteiger partial charge >= 0.3 is 5.69 Å². The fourth-order valence-corrected chi connectivity index (χ4v) is 4.27. The lowest BCUT2D eigenvalue weighted by Gasteiger charge is -2.11. The lowest BCUT2D eigenvalue weighted by Crippen LogP contribution is -2.37. The first kappa shape index (κ1) is 21.6. The van der Waals surface area contributed by atoms with Crippen molar-refractivity contribution < 1.29 is 4.42 Å². The minimum Gasteiger partial charge on any atom is -0.444 e. The molecule has 2 aromatic carbocycles. The molecular weight excluding hydrogens is 430 g/mol. The molecule has 0 bridgehead atoms. The largest absolute Gasteiger partial charge is 0.444 e. The van der Waals surface area contributed by atoms with E-state index in [0.717, 1.165) is 32.5 Å². The molecule has 8 heteroatoms. The van der Waals surface area contributed by atoms with Crippen LogP contribution in [0, 0.1) is 13.8 Å². The number of oxazole rings is 1. The maximum atomic E-state index is 13.2. The SMILES string of the molecule is Cc1cccc(Cn2c(Cc3cccc(-c4nc(C)co4)c3)nc3c2c(=O)n(C)c(=O)n3C)c1. The van der Waals surface area contributed by atoms with E-state index in [1.165, 1.54) is 11.6 Å². The van der Waals surface area contributed by atoms with Crippen molar-refractivity contribution >= 4 is 11.2 Å². The van der Waals surface area contributed by atoms with Crippen molar-refractivity contribution in [3.05, 3.63) is 104 Å². The topological polar surface area (TPSA) is 87.8 Å². The average molecular weight is 456 g/mol. The van der Waals surface area contributed by atoms with Gasteiger partial charge in [-0.15, -0.1) is 0 Å². The number of hydrogen-bond acceptors (Lipinski definition) is 5. The molecule has 8 nitrogen and oxygen atoms in total. The number of fused-ring (bicyclic) bond motifs is 1. The van der Waals surface area contributed by atoms with E-state index in [9.17, 15) is 9.59 Å². The van der Waals surface area contributed by atoms with E-state index in [1.54, 1.807) is 13.3 Å². The van der Waals surface area contributed by atoms with Gasteiger partial charge in [0.15, 0.2) is 11.2 Å². The van der Waals surface area contributed by atoms with E-state index in [1.807, 2.05) is 60.9 Å². The van der Waals surface area contributed by atoms with Crippen LogP contribution in [0.1, 0.15) is 28.2 Å². The Hall–Kier alpha value is -4.20. The molecule has 0 N–H and O–H groups in total. The molecule has 0 atom stereocenters. The predicted molar refractivity (Wildman–Crippen MR) is 130 cm³/mol. The average Bonchev–Trinajstić information content (AvgIpc) is 3.41. The summed E-state index contributed by atoms with van der Waals surface area (Å²) in [4.78, 5) is 34.9. The molecule has 0 aliphatic heterocycles. The van der Waals surface area contributed by atoms with Crippen molar-refractivity contribution in [1.82, 2.24) is 23.7 Å². The summed E-state index contributed by atoms with van der Waals surface area (Å²) in [6.07, 6.45) is 2.10. The lowest BCUT2D eigenvalue weighted by atomic mass is 10.1. The third-order valence-corrected chi connectivity index (χ3v) is 6.01. The van der Waals surface area contributed by atoms with Gasteiger partial charge in [-0.1, -0.05) is 42.0 Å². The molecule has 0 radical (unpaired) electrons. The Bertz CT molecular complexity index is 1650. The third-order valence-electron chi connectivity index (χ3n) is 6.01. The van der Waals surface area contributed by atoms with Crippen LogP contribution >= 0.6 is 0 Å². The second-order valence-corrected chi connectivity index (χ2v) is 8.65. The Labute approximate surface area is 195 Å². The molecule has 5 aromatic rings. The highest BCUT2D eigenvalue weighted by Gasteiger charge is 2.20. The standard InChI is InChI=1S/C26H25N5O3/c1-16-7-5-9-19(11-16)14-31-21(28-23-22(31)25(32)30(4)26(33)29(23)3)13-18-8-6-10-20(12-18)24-27-17(2)15-34-24/h5-12,15H,13-14H2,1-4H3. The maximum absolute atomic E-state index is 13.2. The van der Waals surface area contributed by atoms with E-state index < -0.39 is 5.69 Å². The molecule has 3 aromatic heterocycles. The molecule has 0 spiro atoms. The van der Waals surface area contributed by atoms with Crippen LogP contribution in [0.2, 0.25) is 0 Å². The van der Waals surface area contributed by atoms with Crippen LogP contribution in [0.5, 0.6) is 0 Å². The first-order chi connectivity index (χ1) is 16.3.